The summed E-state index contributed by atoms with van der Waals surface area (Å²) in [6.07, 6.45) is 0. The van der Waals surface area contributed by atoms with E-state index in [1.165, 1.54) is 6.92 Å². The number of phenolic OH excluding ortho intramolecular Hbond substituents is 1. The topological polar surface area (TPSA) is 128 Å². The fourth-order valence-electron chi connectivity index (χ4n) is 3.09. The summed E-state index contributed by atoms with van der Waals surface area (Å²) in [6.45, 7) is 4.87. The SMILES string of the molecule is CC(=O)NCCNc1cc(NCCNC(=O)c2cccc(C)c2O)nc(-c2ccc(Cl)cc2)n1. The molecule has 10 heteroatoms. The maximum atomic E-state index is 12.4. The molecule has 3 rings (SSSR count). The maximum Gasteiger partial charge on any atom is 0.255 e. The Morgan fingerprint density at radius 3 is 2.15 bits per heavy atom. The number of carbonyl (C=O) groups is 2. The van der Waals surface area contributed by atoms with Crippen molar-refractivity contribution >= 4 is 35.1 Å². The molecular weight excluding hydrogens is 456 g/mol. The second-order valence-electron chi connectivity index (χ2n) is 7.53. The largest absolute Gasteiger partial charge is 0.507 e. The molecule has 0 aliphatic rings. The molecule has 0 radical (unpaired) electrons. The third-order valence-electron chi connectivity index (χ3n) is 4.83. The highest BCUT2D eigenvalue weighted by Crippen LogP contribution is 2.22. The van der Waals surface area contributed by atoms with E-state index in [1.807, 2.05) is 12.1 Å². The highest BCUT2D eigenvalue weighted by Gasteiger charge is 2.12. The smallest absolute Gasteiger partial charge is 0.255 e. The first kappa shape index (κ1) is 24.8. The van der Waals surface area contributed by atoms with E-state index in [2.05, 4.69) is 31.2 Å². The number of phenols is 1. The first-order chi connectivity index (χ1) is 16.3. The molecule has 0 saturated carbocycles. The second-order valence-corrected chi connectivity index (χ2v) is 7.97. The molecule has 0 saturated heterocycles. The second kappa shape index (κ2) is 11.9. The molecule has 0 aliphatic carbocycles. The number of para-hydroxylation sites is 1. The fraction of sp³-hybridized carbons (Fsp3) is 0.250. The molecule has 9 nitrogen and oxygen atoms in total. The minimum atomic E-state index is -0.354. The van der Waals surface area contributed by atoms with Crippen LogP contribution in [0.15, 0.2) is 48.5 Å². The molecule has 1 heterocycles. The first-order valence-electron chi connectivity index (χ1n) is 10.8. The molecule has 3 aromatic rings. The van der Waals surface area contributed by atoms with E-state index in [-0.39, 0.29) is 23.1 Å². The summed E-state index contributed by atoms with van der Waals surface area (Å²) < 4.78 is 0. The summed E-state index contributed by atoms with van der Waals surface area (Å²) >= 11 is 5.99. The molecule has 0 unspecified atom stereocenters. The minimum Gasteiger partial charge on any atom is -0.507 e. The van der Waals surface area contributed by atoms with E-state index >= 15 is 0 Å². The van der Waals surface area contributed by atoms with Crippen molar-refractivity contribution in [3.05, 3.63) is 64.7 Å². The number of anilines is 2. The lowest BCUT2D eigenvalue weighted by molar-refractivity contribution is -0.118. The van der Waals surface area contributed by atoms with E-state index in [1.54, 1.807) is 43.3 Å². The number of benzene rings is 2. The van der Waals surface area contributed by atoms with Gasteiger partial charge in [0.25, 0.3) is 5.91 Å². The molecule has 1 aromatic heterocycles. The van der Waals surface area contributed by atoms with Gasteiger partial charge in [-0.2, -0.15) is 0 Å². The molecule has 2 amide bonds. The number of aryl methyl sites for hydroxylation is 1. The number of hydrogen-bond acceptors (Lipinski definition) is 7. The van der Waals surface area contributed by atoms with E-state index in [0.29, 0.717) is 54.2 Å². The summed E-state index contributed by atoms with van der Waals surface area (Å²) in [5, 5.41) is 22.6. The van der Waals surface area contributed by atoms with Crippen LogP contribution in [0.5, 0.6) is 5.75 Å². The van der Waals surface area contributed by atoms with Gasteiger partial charge >= 0.3 is 0 Å². The van der Waals surface area contributed by atoms with Gasteiger partial charge in [-0.05, 0) is 42.8 Å². The monoisotopic (exact) mass is 482 g/mol. The third kappa shape index (κ3) is 7.08. The van der Waals surface area contributed by atoms with Crippen LogP contribution in [0.1, 0.15) is 22.8 Å². The molecule has 178 valence electrons. The van der Waals surface area contributed by atoms with Crippen LogP contribution in [0.4, 0.5) is 11.6 Å². The number of amides is 2. The van der Waals surface area contributed by atoms with Gasteiger partial charge in [0.15, 0.2) is 5.82 Å². The summed E-state index contributed by atoms with van der Waals surface area (Å²) in [5.74, 6) is 1.17. The lowest BCUT2D eigenvalue weighted by Crippen LogP contribution is -2.29. The summed E-state index contributed by atoms with van der Waals surface area (Å²) in [4.78, 5) is 32.5. The van der Waals surface area contributed by atoms with Crippen molar-refractivity contribution < 1.29 is 14.7 Å². The number of carbonyl (C=O) groups excluding carboxylic acids is 2. The molecule has 0 aliphatic heterocycles. The van der Waals surface area contributed by atoms with Gasteiger partial charge in [-0.1, -0.05) is 23.7 Å². The van der Waals surface area contributed by atoms with Crippen LogP contribution in [-0.4, -0.2) is 53.1 Å². The van der Waals surface area contributed by atoms with Crippen LogP contribution >= 0.6 is 11.6 Å². The Hall–Kier alpha value is -3.85. The zero-order chi connectivity index (χ0) is 24.5. The minimum absolute atomic E-state index is 0.0219. The van der Waals surface area contributed by atoms with Crippen molar-refractivity contribution in [3.63, 3.8) is 0 Å². The van der Waals surface area contributed by atoms with Crippen molar-refractivity contribution in [1.29, 1.82) is 0 Å². The number of rotatable bonds is 10. The maximum absolute atomic E-state index is 12.4. The molecule has 0 spiro atoms. The van der Waals surface area contributed by atoms with Crippen LogP contribution in [0, 0.1) is 6.92 Å². The average Bonchev–Trinajstić information content (AvgIpc) is 2.81. The van der Waals surface area contributed by atoms with Crippen LogP contribution in [0.2, 0.25) is 5.02 Å². The predicted octanol–water partition coefficient (Wildman–Crippen LogP) is 3.20. The van der Waals surface area contributed by atoms with Crippen molar-refractivity contribution in [2.75, 3.05) is 36.8 Å². The Labute approximate surface area is 203 Å². The van der Waals surface area contributed by atoms with E-state index in [0.717, 1.165) is 5.56 Å². The molecule has 0 fully saturated rings. The Morgan fingerprint density at radius 2 is 1.53 bits per heavy atom. The number of aromatic hydroxyl groups is 1. The van der Waals surface area contributed by atoms with Crippen molar-refractivity contribution in [3.8, 4) is 17.1 Å². The lowest BCUT2D eigenvalue weighted by Gasteiger charge is -2.13. The first-order valence-corrected chi connectivity index (χ1v) is 11.2. The predicted molar refractivity (Wildman–Crippen MR) is 133 cm³/mol. The normalized spacial score (nSPS) is 10.4. The Morgan fingerprint density at radius 1 is 0.912 bits per heavy atom. The zero-order valence-electron chi connectivity index (χ0n) is 19.0. The van der Waals surface area contributed by atoms with Crippen LogP contribution in [0.3, 0.4) is 0 Å². The molecule has 5 N–H and O–H groups in total. The Bertz CT molecular complexity index is 1150. The standard InChI is InChI=1S/C24H27ClN6O3/c1-15-4-3-5-19(22(15)33)24(34)29-13-12-28-21-14-20(27-11-10-26-16(2)32)30-23(31-21)17-6-8-18(25)9-7-17/h3-9,14,33H,10-13H2,1-2H3,(H,26,32)(H,29,34)(H2,27,28,30,31). The number of halogens is 1. The van der Waals surface area contributed by atoms with Gasteiger partial charge in [0.1, 0.15) is 17.4 Å². The Balaban J connectivity index is 1.65. The van der Waals surface area contributed by atoms with Crippen molar-refractivity contribution in [1.82, 2.24) is 20.6 Å². The summed E-state index contributed by atoms with van der Waals surface area (Å²) in [6, 6.07) is 14.0. The molecule has 2 aromatic carbocycles. The quantitative estimate of drug-likeness (QED) is 0.281. The molecule has 0 atom stereocenters. The van der Waals surface area contributed by atoms with Crippen molar-refractivity contribution in [2.24, 2.45) is 0 Å². The fourth-order valence-corrected chi connectivity index (χ4v) is 3.22. The van der Waals surface area contributed by atoms with Crippen LogP contribution < -0.4 is 21.3 Å². The zero-order valence-corrected chi connectivity index (χ0v) is 19.7. The number of aromatic nitrogens is 2. The number of nitrogens with zero attached hydrogens (tertiary/aromatic N) is 2. The van der Waals surface area contributed by atoms with E-state index < -0.39 is 0 Å². The van der Waals surface area contributed by atoms with Crippen molar-refractivity contribution in [2.45, 2.75) is 13.8 Å². The van der Waals surface area contributed by atoms with Crippen LogP contribution in [-0.2, 0) is 4.79 Å². The highest BCUT2D eigenvalue weighted by atomic mass is 35.5. The highest BCUT2D eigenvalue weighted by molar-refractivity contribution is 6.30. The third-order valence-corrected chi connectivity index (χ3v) is 5.08. The van der Waals surface area contributed by atoms with Crippen LogP contribution in [0.25, 0.3) is 11.4 Å². The Kier molecular flexibility index (Phi) is 8.64. The molecular formula is C24H27ClN6O3. The van der Waals surface area contributed by atoms with Gasteiger partial charge in [-0.3, -0.25) is 9.59 Å². The number of nitrogens with one attached hydrogen (secondary N) is 4. The van der Waals surface area contributed by atoms with Gasteiger partial charge in [0.2, 0.25) is 5.91 Å². The molecule has 0 bridgehead atoms. The van der Waals surface area contributed by atoms with Gasteiger partial charge in [-0.15, -0.1) is 0 Å². The van der Waals surface area contributed by atoms with E-state index in [9.17, 15) is 14.7 Å². The number of hydrogen-bond donors (Lipinski definition) is 5. The summed E-state index contributed by atoms with van der Waals surface area (Å²) in [7, 11) is 0. The van der Waals surface area contributed by atoms with Gasteiger partial charge < -0.3 is 26.4 Å². The van der Waals surface area contributed by atoms with Gasteiger partial charge in [-0.25, -0.2) is 9.97 Å². The van der Waals surface area contributed by atoms with Gasteiger partial charge in [0, 0.05) is 49.8 Å². The van der Waals surface area contributed by atoms with E-state index in [4.69, 9.17) is 11.6 Å². The summed E-state index contributed by atoms with van der Waals surface area (Å²) in [5.41, 5.74) is 1.67. The lowest BCUT2D eigenvalue weighted by atomic mass is 10.1. The van der Waals surface area contributed by atoms with Gasteiger partial charge in [0.05, 0.1) is 5.56 Å². The molecule has 34 heavy (non-hydrogen) atoms. The average molecular weight is 483 g/mol.